The van der Waals surface area contributed by atoms with Crippen LogP contribution < -0.4 is 0 Å². The molecule has 0 radical (unpaired) electrons. The Kier molecular flexibility index (Phi) is 1.75. The highest BCUT2D eigenvalue weighted by Gasteiger charge is 2.72. The van der Waals surface area contributed by atoms with Gasteiger partial charge < -0.3 is 21.5 Å². The number of hydrogen-bond acceptors (Lipinski definition) is 8. The van der Waals surface area contributed by atoms with Crippen LogP contribution in [0.4, 0.5) is 0 Å². The van der Waals surface area contributed by atoms with Crippen molar-refractivity contribution < 1.29 is 30.6 Å². The third-order valence-corrected chi connectivity index (χ3v) is 11.6. The second-order valence-electron chi connectivity index (χ2n) is 2.10. The summed E-state index contributed by atoms with van der Waals surface area (Å²) in [6.07, 6.45) is 0. The molecule has 64 valence electrons. The van der Waals surface area contributed by atoms with E-state index in [1.165, 1.54) is 0 Å². The smallest absolute Gasteiger partial charge is 0.365 e. The zero-order valence-corrected chi connectivity index (χ0v) is 9.41. The third kappa shape index (κ3) is 1.22. The molecule has 0 aromatic rings. The summed E-state index contributed by atoms with van der Waals surface area (Å²) in [4.78, 5) is 0. The Morgan fingerprint density at radius 1 is 0.667 bits per heavy atom. The molecule has 12 heteroatoms. The van der Waals surface area contributed by atoms with Gasteiger partial charge >= 0.3 is 45.9 Å². The van der Waals surface area contributed by atoms with E-state index in [0.717, 1.165) is 0 Å². The first-order valence-corrected chi connectivity index (χ1v) is 8.62. The molecule has 0 atom stereocenters. The van der Waals surface area contributed by atoms with Gasteiger partial charge in [0.1, 0.15) is 0 Å². The molecule has 0 aromatic carbocycles. The van der Waals surface area contributed by atoms with Gasteiger partial charge in [0.25, 0.3) is 0 Å². The Bertz CT molecular complexity index is 243. The highest BCUT2D eigenvalue weighted by molar-refractivity contribution is 7.61. The zero-order valence-electron chi connectivity index (χ0n) is 5.32. The lowest BCUT2D eigenvalue weighted by molar-refractivity contribution is 0.0633. The minimum absolute atomic E-state index is 1.66. The van der Waals surface area contributed by atoms with Gasteiger partial charge in [0.05, 0.1) is 0 Å². The van der Waals surface area contributed by atoms with Crippen LogP contribution in [0.25, 0.3) is 0 Å². The Balaban J connectivity index is 0.0000000817. The lowest BCUT2D eigenvalue weighted by Gasteiger charge is -2.42. The topological polar surface area (TPSA) is 89.5 Å². The van der Waals surface area contributed by atoms with Gasteiger partial charge in [-0.15, -0.1) is 0 Å². The molecule has 6 saturated heterocycles. The Morgan fingerprint density at radius 2 is 0.833 bits per heavy atom. The molecule has 6 aliphatic heterocycles. The van der Waals surface area contributed by atoms with Crippen LogP contribution in [0, 0.1) is 0 Å². The van der Waals surface area contributed by atoms with E-state index in [2.05, 4.69) is 21.5 Å². The molecule has 0 spiro atoms. The second kappa shape index (κ2) is 2.45. The molecule has 12 heavy (non-hydrogen) atoms. The highest BCUT2D eigenvalue weighted by Crippen LogP contribution is 2.71. The molecule has 0 unspecified atom stereocenters. The molecule has 6 aliphatic rings. The van der Waals surface area contributed by atoms with E-state index in [1.54, 1.807) is 0 Å². The molecule has 8 nitrogen and oxygen atoms in total. The molecule has 6 heterocycles. The summed E-state index contributed by atoms with van der Waals surface area (Å²) in [5, 5.41) is 0. The fourth-order valence-corrected chi connectivity index (χ4v) is 6.12. The number of hydrogen-bond donors (Lipinski definition) is 0. The maximum absolute atomic E-state index is 10.1. The van der Waals surface area contributed by atoms with Crippen LogP contribution in [0.15, 0.2) is 0 Å². The zero-order chi connectivity index (χ0) is 8.40. The Labute approximate surface area is 76.7 Å². The van der Waals surface area contributed by atoms with Crippen LogP contribution in [-0.4, -0.2) is 30.3 Å². The SMILES string of the molecule is O=P12[O][Al]([O]1)[O]2.O=P12[O][Al]([O]1)[O]2. The van der Waals surface area contributed by atoms with Crippen molar-refractivity contribution in [3.05, 3.63) is 0 Å². The third-order valence-electron chi connectivity index (χ3n) is 1.29. The van der Waals surface area contributed by atoms with Crippen LogP contribution in [0.5, 0.6) is 0 Å². The Hall–Kier alpha value is 1.28. The first kappa shape index (κ1) is 8.58. The van der Waals surface area contributed by atoms with E-state index in [1.807, 2.05) is 0 Å². The average molecular weight is 244 g/mol. The van der Waals surface area contributed by atoms with E-state index >= 15 is 0 Å². The standard InChI is InChI=1S/2Al.2H3O4P/c;;2*1-5(2,3)4/h;;2*(H3,1,2,3,4)/q2*+3;;/p-6. The van der Waals surface area contributed by atoms with Crippen molar-refractivity contribution in [3.8, 4) is 0 Å². The summed E-state index contributed by atoms with van der Waals surface area (Å²) in [5.74, 6) is 0. The molecule has 0 N–H and O–H groups in total. The van der Waals surface area contributed by atoms with Crippen molar-refractivity contribution in [2.24, 2.45) is 0 Å². The summed E-state index contributed by atoms with van der Waals surface area (Å²) >= 11 is -3.31. The summed E-state index contributed by atoms with van der Waals surface area (Å²) in [5.41, 5.74) is 0. The van der Waals surface area contributed by atoms with Crippen molar-refractivity contribution in [2.45, 2.75) is 0 Å². The average Bonchev–Trinajstić information content (AvgIpc) is 1.74. The monoisotopic (exact) mass is 244 g/mol. The fourth-order valence-electron chi connectivity index (χ4n) is 0.680. The molecular formula is Al2O8P2. The van der Waals surface area contributed by atoms with Crippen molar-refractivity contribution in [2.75, 3.05) is 0 Å². The molecule has 4 bridgehead atoms. The lowest BCUT2D eigenvalue weighted by Crippen LogP contribution is -2.47. The van der Waals surface area contributed by atoms with Gasteiger partial charge in [-0.05, 0) is 0 Å². The summed E-state index contributed by atoms with van der Waals surface area (Å²) in [6, 6.07) is 0. The van der Waals surface area contributed by atoms with Crippen LogP contribution in [0.3, 0.4) is 0 Å². The quantitative estimate of drug-likeness (QED) is 0.444. The van der Waals surface area contributed by atoms with Gasteiger partial charge in [-0.3, -0.25) is 0 Å². The van der Waals surface area contributed by atoms with Gasteiger partial charge in [0.2, 0.25) is 0 Å². The van der Waals surface area contributed by atoms with Crippen molar-refractivity contribution in [3.63, 3.8) is 0 Å². The number of rotatable bonds is 0. The van der Waals surface area contributed by atoms with Crippen LogP contribution in [-0.2, 0) is 30.6 Å². The molecule has 6 fully saturated rings. The van der Waals surface area contributed by atoms with Gasteiger partial charge in [-0.1, -0.05) is 0 Å². The van der Waals surface area contributed by atoms with E-state index in [0.29, 0.717) is 0 Å². The maximum Gasteiger partial charge on any atom is 0.931 e. The van der Waals surface area contributed by atoms with Gasteiger partial charge in [0.15, 0.2) is 0 Å². The molecule has 0 aliphatic carbocycles. The van der Waals surface area contributed by atoms with E-state index < -0.39 is 45.9 Å². The molecule has 0 amide bonds. The van der Waals surface area contributed by atoms with Crippen molar-refractivity contribution >= 4 is 45.9 Å². The first-order chi connectivity index (χ1) is 5.57. The van der Waals surface area contributed by atoms with Crippen molar-refractivity contribution in [1.82, 2.24) is 0 Å². The number of phosphoric acid groups is 2. The minimum Gasteiger partial charge on any atom is -0.365 e. The Morgan fingerprint density at radius 3 is 0.833 bits per heavy atom. The molecular weight excluding hydrogens is 244 g/mol. The van der Waals surface area contributed by atoms with E-state index in [-0.39, 0.29) is 0 Å². The predicted octanol–water partition coefficient (Wildman–Crippen LogP) is 0.313. The minimum atomic E-state index is -2.76. The van der Waals surface area contributed by atoms with E-state index in [4.69, 9.17) is 0 Å². The van der Waals surface area contributed by atoms with E-state index in [9.17, 15) is 9.13 Å². The van der Waals surface area contributed by atoms with Gasteiger partial charge in [-0.2, -0.15) is 0 Å². The highest BCUT2D eigenvalue weighted by atomic mass is 31.2. The van der Waals surface area contributed by atoms with Crippen LogP contribution in [0.2, 0.25) is 0 Å². The lowest BCUT2D eigenvalue weighted by atomic mass is 15.5. The summed E-state index contributed by atoms with van der Waals surface area (Å²) in [6.45, 7) is 0. The normalized spacial score (nSPS) is 34.3. The second-order valence-corrected chi connectivity index (χ2v) is 10.1. The van der Waals surface area contributed by atoms with Crippen LogP contribution >= 0.6 is 15.6 Å². The predicted molar refractivity (Wildman–Crippen MR) is 33.2 cm³/mol. The summed E-state index contributed by atoms with van der Waals surface area (Å²) < 4.78 is 47.0. The molecule has 0 aromatic heterocycles. The van der Waals surface area contributed by atoms with Crippen LogP contribution in [0.1, 0.15) is 0 Å². The fraction of sp³-hybridized carbons (Fsp3) is 0. The van der Waals surface area contributed by atoms with Gasteiger partial charge in [0, 0.05) is 0 Å². The molecule has 0 saturated carbocycles. The maximum atomic E-state index is 10.1. The largest absolute Gasteiger partial charge is 0.931 e. The first-order valence-electron chi connectivity index (χ1n) is 2.87. The molecule has 6 rings (SSSR count). The van der Waals surface area contributed by atoms with Gasteiger partial charge in [-0.25, -0.2) is 9.13 Å². The van der Waals surface area contributed by atoms with Crippen molar-refractivity contribution in [1.29, 1.82) is 0 Å². The summed E-state index contributed by atoms with van der Waals surface area (Å²) in [7, 11) is -5.52.